The molecule has 98 valence electrons. The molecule has 1 N–H and O–H groups in total. The Bertz CT molecular complexity index is 316. The average Bonchev–Trinajstić information content (AvgIpc) is 2.73. The second-order valence-electron chi connectivity index (χ2n) is 5.52. The first-order valence-electron chi connectivity index (χ1n) is 6.27. The van der Waals surface area contributed by atoms with Gasteiger partial charge in [0.25, 0.3) is 0 Å². The average molecular weight is 279 g/mol. The van der Waals surface area contributed by atoms with Crippen LogP contribution in [0.4, 0.5) is 0 Å². The standard InChI is InChI=1S/C12H20Cl2N2O/c1-9(16-5-3-4-6-16)7-15-10(17)11(2)8-12(11,13)14/h9H,3-8H2,1-2H3,(H,15,17)/t9-,11-/m1/s1. The monoisotopic (exact) mass is 278 g/mol. The number of likely N-dealkylation sites (tertiary alicyclic amines) is 1. The summed E-state index contributed by atoms with van der Waals surface area (Å²) < 4.78 is -0.867. The molecule has 0 aromatic carbocycles. The van der Waals surface area contributed by atoms with Crippen molar-refractivity contribution < 1.29 is 4.79 Å². The molecule has 1 aliphatic heterocycles. The number of hydrogen-bond acceptors (Lipinski definition) is 2. The van der Waals surface area contributed by atoms with Crippen molar-refractivity contribution >= 4 is 29.1 Å². The van der Waals surface area contributed by atoms with E-state index in [1.165, 1.54) is 12.8 Å². The van der Waals surface area contributed by atoms with E-state index in [1.54, 1.807) is 0 Å². The molecule has 3 nitrogen and oxygen atoms in total. The molecule has 17 heavy (non-hydrogen) atoms. The van der Waals surface area contributed by atoms with Gasteiger partial charge in [0.1, 0.15) is 4.33 Å². The third-order valence-corrected chi connectivity index (χ3v) is 5.18. The minimum absolute atomic E-state index is 0.0199. The highest BCUT2D eigenvalue weighted by molar-refractivity contribution is 6.53. The summed E-state index contributed by atoms with van der Waals surface area (Å²) in [6.07, 6.45) is 3.08. The van der Waals surface area contributed by atoms with Crippen LogP contribution in [-0.4, -0.2) is 40.8 Å². The van der Waals surface area contributed by atoms with Crippen molar-refractivity contribution in [1.82, 2.24) is 10.2 Å². The molecule has 2 fully saturated rings. The number of nitrogens with one attached hydrogen (secondary N) is 1. The van der Waals surface area contributed by atoms with Crippen LogP contribution in [0.3, 0.4) is 0 Å². The molecule has 2 aliphatic rings. The lowest BCUT2D eigenvalue weighted by atomic mass is 10.1. The van der Waals surface area contributed by atoms with Gasteiger partial charge in [0, 0.05) is 12.6 Å². The van der Waals surface area contributed by atoms with Crippen molar-refractivity contribution in [1.29, 1.82) is 0 Å². The molecule has 1 aliphatic carbocycles. The van der Waals surface area contributed by atoms with Gasteiger partial charge >= 0.3 is 0 Å². The zero-order valence-corrected chi connectivity index (χ0v) is 11.9. The van der Waals surface area contributed by atoms with Crippen LogP contribution in [0.15, 0.2) is 0 Å². The maximum Gasteiger partial charge on any atom is 0.229 e. The van der Waals surface area contributed by atoms with Gasteiger partial charge in [-0.05, 0) is 46.2 Å². The van der Waals surface area contributed by atoms with Crippen LogP contribution in [-0.2, 0) is 4.79 Å². The van der Waals surface area contributed by atoms with Gasteiger partial charge in [-0.2, -0.15) is 0 Å². The molecule has 0 aromatic heterocycles. The fourth-order valence-electron chi connectivity index (χ4n) is 2.39. The van der Waals surface area contributed by atoms with Crippen molar-refractivity contribution in [3.63, 3.8) is 0 Å². The summed E-state index contributed by atoms with van der Waals surface area (Å²) in [5, 5.41) is 2.97. The number of alkyl halides is 2. The lowest BCUT2D eigenvalue weighted by Gasteiger charge is -2.24. The Balaban J connectivity index is 1.77. The fraction of sp³-hybridized carbons (Fsp3) is 0.917. The molecule has 5 heteroatoms. The zero-order valence-electron chi connectivity index (χ0n) is 10.4. The third kappa shape index (κ3) is 2.56. The third-order valence-electron chi connectivity index (χ3n) is 4.08. The summed E-state index contributed by atoms with van der Waals surface area (Å²) in [5.74, 6) is -0.0199. The number of halogens is 2. The number of rotatable bonds is 4. The second kappa shape index (κ2) is 4.60. The predicted octanol–water partition coefficient (Wildman–Crippen LogP) is 2.17. The molecular formula is C12H20Cl2N2O. The first-order valence-corrected chi connectivity index (χ1v) is 7.02. The van der Waals surface area contributed by atoms with Gasteiger partial charge in [-0.25, -0.2) is 0 Å². The summed E-state index contributed by atoms with van der Waals surface area (Å²) in [5.41, 5.74) is -0.596. The topological polar surface area (TPSA) is 32.3 Å². The van der Waals surface area contributed by atoms with Crippen molar-refractivity contribution in [2.75, 3.05) is 19.6 Å². The molecule has 0 bridgehead atoms. The van der Waals surface area contributed by atoms with Gasteiger partial charge in [-0.3, -0.25) is 9.69 Å². The van der Waals surface area contributed by atoms with Crippen molar-refractivity contribution in [3.05, 3.63) is 0 Å². The highest BCUT2D eigenvalue weighted by Crippen LogP contribution is 2.63. The molecule has 2 rings (SSSR count). The Morgan fingerprint density at radius 1 is 1.41 bits per heavy atom. The zero-order chi connectivity index (χ0) is 12.7. The Morgan fingerprint density at radius 3 is 2.41 bits per heavy atom. The Labute approximate surface area is 113 Å². The molecule has 1 amide bonds. The molecule has 0 unspecified atom stereocenters. The van der Waals surface area contributed by atoms with E-state index in [-0.39, 0.29) is 5.91 Å². The van der Waals surface area contributed by atoms with Crippen molar-refractivity contribution in [3.8, 4) is 0 Å². The molecule has 1 saturated heterocycles. The quantitative estimate of drug-likeness (QED) is 0.800. The Morgan fingerprint density at radius 2 is 1.94 bits per heavy atom. The molecule has 1 saturated carbocycles. The van der Waals surface area contributed by atoms with Crippen LogP contribution in [0.1, 0.15) is 33.1 Å². The van der Waals surface area contributed by atoms with Crippen LogP contribution in [0.25, 0.3) is 0 Å². The fourth-order valence-corrected chi connectivity index (χ4v) is 3.10. The second-order valence-corrected chi connectivity index (χ2v) is 7.00. The molecule has 0 spiro atoms. The maximum atomic E-state index is 12.0. The van der Waals surface area contributed by atoms with Gasteiger partial charge in [-0.1, -0.05) is 0 Å². The SMILES string of the molecule is C[C@H](CNC(=O)[C@@]1(C)CC1(Cl)Cl)N1CCCC1. The highest BCUT2D eigenvalue weighted by Gasteiger charge is 2.67. The first kappa shape index (κ1) is 13.4. The van der Waals surface area contributed by atoms with Crippen LogP contribution in [0, 0.1) is 5.41 Å². The number of nitrogens with zero attached hydrogens (tertiary/aromatic N) is 1. The van der Waals surface area contributed by atoms with E-state index in [4.69, 9.17) is 23.2 Å². The van der Waals surface area contributed by atoms with Crippen LogP contribution in [0.5, 0.6) is 0 Å². The molecular weight excluding hydrogens is 259 g/mol. The molecule has 2 atom stereocenters. The number of amides is 1. The van der Waals surface area contributed by atoms with Crippen molar-refractivity contribution in [2.24, 2.45) is 5.41 Å². The smallest absolute Gasteiger partial charge is 0.229 e. The van der Waals surface area contributed by atoms with E-state index in [0.29, 0.717) is 19.0 Å². The van der Waals surface area contributed by atoms with E-state index >= 15 is 0 Å². The Kier molecular flexibility index (Phi) is 3.64. The number of carbonyl (C=O) groups excluding carboxylic acids is 1. The van der Waals surface area contributed by atoms with Gasteiger partial charge in [0.05, 0.1) is 5.41 Å². The normalized spacial score (nSPS) is 33.4. The minimum Gasteiger partial charge on any atom is -0.354 e. The summed E-state index contributed by atoms with van der Waals surface area (Å²) in [6.45, 7) is 6.93. The van der Waals surface area contributed by atoms with Gasteiger partial charge < -0.3 is 5.32 Å². The van der Waals surface area contributed by atoms with Crippen LogP contribution in [0.2, 0.25) is 0 Å². The largest absolute Gasteiger partial charge is 0.354 e. The van der Waals surface area contributed by atoms with Crippen LogP contribution >= 0.6 is 23.2 Å². The summed E-state index contributed by atoms with van der Waals surface area (Å²) >= 11 is 12.0. The molecule has 1 heterocycles. The number of hydrogen-bond donors (Lipinski definition) is 1. The van der Waals surface area contributed by atoms with Crippen molar-refractivity contribution in [2.45, 2.75) is 43.5 Å². The lowest BCUT2D eigenvalue weighted by Crippen LogP contribution is -2.43. The summed E-state index contributed by atoms with van der Waals surface area (Å²) in [7, 11) is 0. The van der Waals surface area contributed by atoms with E-state index in [9.17, 15) is 4.79 Å². The van der Waals surface area contributed by atoms with Crippen LogP contribution < -0.4 is 5.32 Å². The van der Waals surface area contributed by atoms with Gasteiger partial charge in [0.2, 0.25) is 5.91 Å². The highest BCUT2D eigenvalue weighted by atomic mass is 35.5. The first-order chi connectivity index (χ1) is 7.87. The predicted molar refractivity (Wildman–Crippen MR) is 70.4 cm³/mol. The van der Waals surface area contributed by atoms with Gasteiger partial charge in [-0.15, -0.1) is 23.2 Å². The van der Waals surface area contributed by atoms with E-state index in [0.717, 1.165) is 13.1 Å². The Hall–Kier alpha value is 0.01000. The van der Waals surface area contributed by atoms with E-state index in [2.05, 4.69) is 17.1 Å². The maximum absolute atomic E-state index is 12.0. The summed E-state index contributed by atoms with van der Waals surface area (Å²) in [4.78, 5) is 14.4. The number of carbonyl (C=O) groups is 1. The summed E-state index contributed by atoms with van der Waals surface area (Å²) in [6, 6.07) is 0.392. The van der Waals surface area contributed by atoms with E-state index < -0.39 is 9.75 Å². The van der Waals surface area contributed by atoms with E-state index in [1.807, 2.05) is 6.92 Å². The molecule has 0 radical (unpaired) electrons. The van der Waals surface area contributed by atoms with Gasteiger partial charge in [0.15, 0.2) is 0 Å². The molecule has 0 aromatic rings. The minimum atomic E-state index is -0.867. The lowest BCUT2D eigenvalue weighted by molar-refractivity contribution is -0.126.